The molecule has 10 nitrogen and oxygen atoms in total. The normalized spacial score (nSPS) is 17.0. The molecule has 2 unspecified atom stereocenters. The van der Waals surface area contributed by atoms with Crippen LogP contribution in [-0.4, -0.2) is 60.6 Å². The number of carbonyl (C=O) groups excluding carboxylic acids is 2. The Morgan fingerprint density at radius 3 is 2.50 bits per heavy atom. The van der Waals surface area contributed by atoms with Crippen molar-refractivity contribution in [1.82, 2.24) is 25.1 Å². The molecule has 2 heterocycles. The molecule has 0 saturated carbocycles. The second kappa shape index (κ2) is 12.7. The van der Waals surface area contributed by atoms with Crippen LogP contribution < -0.4 is 5.32 Å². The molecule has 1 saturated heterocycles. The highest BCUT2D eigenvalue weighted by Crippen LogP contribution is 2.37. The van der Waals surface area contributed by atoms with Crippen LogP contribution in [-0.2, 0) is 15.8 Å². The fraction of sp³-hybridized carbons (Fsp3) is 0.200. The van der Waals surface area contributed by atoms with Gasteiger partial charge < -0.3 is 15.3 Å². The largest absolute Gasteiger partial charge is 0.478 e. The molecule has 5 rings (SSSR count). The van der Waals surface area contributed by atoms with Crippen LogP contribution in [0.1, 0.15) is 45.8 Å². The van der Waals surface area contributed by atoms with Gasteiger partial charge in [0.05, 0.1) is 16.8 Å². The SMILES string of the molecule is O=C(O)c1ccc(NC(=O)C2C(c3cccc(C(F)(F)F)c3)CCCN2C(=O)C=Cc2cc(Cl)ccc2-n2cnnn2)cc1. The van der Waals surface area contributed by atoms with Crippen molar-refractivity contribution in [2.45, 2.75) is 31.0 Å². The van der Waals surface area contributed by atoms with Crippen molar-refractivity contribution in [3.63, 3.8) is 0 Å². The van der Waals surface area contributed by atoms with Crippen molar-refractivity contribution in [2.75, 3.05) is 11.9 Å². The number of aromatic nitrogens is 4. The Kier molecular flexibility index (Phi) is 8.76. The molecular formula is C30H24ClF3N6O4. The smallest absolute Gasteiger partial charge is 0.416 e. The van der Waals surface area contributed by atoms with Crippen LogP contribution in [0.15, 0.2) is 79.1 Å². The third-order valence-electron chi connectivity index (χ3n) is 7.22. The number of anilines is 1. The number of carbonyl (C=O) groups is 3. The minimum absolute atomic E-state index is 0.00603. The molecule has 2 N–H and O–H groups in total. The van der Waals surface area contributed by atoms with Crippen LogP contribution in [0.5, 0.6) is 0 Å². The molecule has 0 spiro atoms. The number of nitrogens with one attached hydrogen (secondary N) is 1. The number of amides is 2. The predicted octanol–water partition coefficient (Wildman–Crippen LogP) is 5.46. The van der Waals surface area contributed by atoms with Gasteiger partial charge in [-0.05, 0) is 83.4 Å². The third-order valence-corrected chi connectivity index (χ3v) is 7.45. The van der Waals surface area contributed by atoms with E-state index in [-0.39, 0.29) is 23.4 Å². The lowest BCUT2D eigenvalue weighted by Gasteiger charge is -2.40. The Labute approximate surface area is 253 Å². The van der Waals surface area contributed by atoms with Crippen LogP contribution in [0.25, 0.3) is 11.8 Å². The van der Waals surface area contributed by atoms with Gasteiger partial charge in [0, 0.05) is 34.8 Å². The van der Waals surface area contributed by atoms with E-state index in [1.54, 1.807) is 18.2 Å². The van der Waals surface area contributed by atoms with Gasteiger partial charge in [-0.1, -0.05) is 29.8 Å². The van der Waals surface area contributed by atoms with Gasteiger partial charge in [-0.25, -0.2) is 4.79 Å². The lowest BCUT2D eigenvalue weighted by atomic mass is 9.82. The predicted molar refractivity (Wildman–Crippen MR) is 154 cm³/mol. The van der Waals surface area contributed by atoms with E-state index in [1.807, 2.05) is 0 Å². The van der Waals surface area contributed by atoms with Crippen molar-refractivity contribution in [2.24, 2.45) is 0 Å². The zero-order valence-electron chi connectivity index (χ0n) is 22.8. The van der Waals surface area contributed by atoms with E-state index >= 15 is 0 Å². The second-order valence-electron chi connectivity index (χ2n) is 10.0. The number of aromatic carboxylic acids is 1. The number of alkyl halides is 3. The summed E-state index contributed by atoms with van der Waals surface area (Å²) in [7, 11) is 0. The lowest BCUT2D eigenvalue weighted by Crippen LogP contribution is -2.53. The Morgan fingerprint density at radius 1 is 1.05 bits per heavy atom. The zero-order chi connectivity index (χ0) is 31.4. The summed E-state index contributed by atoms with van der Waals surface area (Å²) in [6, 6.07) is 13.9. The molecule has 0 radical (unpaired) electrons. The number of benzene rings is 3. The quantitative estimate of drug-likeness (QED) is 0.261. The maximum atomic E-state index is 13.8. The number of hydrogen-bond donors (Lipinski definition) is 2. The van der Waals surface area contributed by atoms with Crippen molar-refractivity contribution in [1.29, 1.82) is 0 Å². The highest BCUT2D eigenvalue weighted by atomic mass is 35.5. The first kappa shape index (κ1) is 30.4. The van der Waals surface area contributed by atoms with E-state index in [2.05, 4.69) is 20.8 Å². The minimum atomic E-state index is -4.60. The van der Waals surface area contributed by atoms with Gasteiger partial charge in [0.15, 0.2) is 0 Å². The Balaban J connectivity index is 1.49. The standard InChI is InChI=1S/C30H24ClF3N6O4/c31-22-9-12-25(40-17-35-37-38-40)20(16-22)8-13-26(41)39-14-2-5-24(19-3-1-4-21(15-19)30(32,33)34)27(39)28(42)36-23-10-6-18(7-11-23)29(43)44/h1,3-4,6-13,15-17,24,27H,2,5,14H2,(H,36,42)(H,43,44). The first-order valence-corrected chi connectivity index (χ1v) is 13.7. The number of carboxylic acid groups (broad SMARTS) is 1. The molecule has 226 valence electrons. The maximum absolute atomic E-state index is 13.8. The highest BCUT2D eigenvalue weighted by molar-refractivity contribution is 6.30. The van der Waals surface area contributed by atoms with Gasteiger partial charge in [0.25, 0.3) is 0 Å². The molecule has 3 aromatic carbocycles. The summed E-state index contributed by atoms with van der Waals surface area (Å²) in [6.07, 6.45) is 0.318. The zero-order valence-corrected chi connectivity index (χ0v) is 23.5. The van der Waals surface area contributed by atoms with Crippen LogP contribution in [0.4, 0.5) is 18.9 Å². The molecule has 2 amide bonds. The average Bonchev–Trinajstić information content (AvgIpc) is 3.54. The second-order valence-corrected chi connectivity index (χ2v) is 10.4. The molecule has 1 fully saturated rings. The van der Waals surface area contributed by atoms with E-state index in [4.69, 9.17) is 11.6 Å². The van der Waals surface area contributed by atoms with Gasteiger partial charge in [0.1, 0.15) is 12.4 Å². The first-order valence-electron chi connectivity index (χ1n) is 13.3. The molecular weight excluding hydrogens is 601 g/mol. The Bertz CT molecular complexity index is 1710. The third kappa shape index (κ3) is 6.78. The fourth-order valence-electron chi connectivity index (χ4n) is 5.17. The molecule has 0 bridgehead atoms. The maximum Gasteiger partial charge on any atom is 0.416 e. The van der Waals surface area contributed by atoms with Gasteiger partial charge in [0.2, 0.25) is 11.8 Å². The summed E-state index contributed by atoms with van der Waals surface area (Å²) in [4.78, 5) is 40.0. The van der Waals surface area contributed by atoms with E-state index in [0.29, 0.717) is 29.1 Å². The van der Waals surface area contributed by atoms with E-state index < -0.39 is 41.5 Å². The summed E-state index contributed by atoms with van der Waals surface area (Å²) in [5.74, 6) is -3.09. The van der Waals surface area contributed by atoms with Gasteiger partial charge in [-0.3, -0.25) is 9.59 Å². The van der Waals surface area contributed by atoms with Crippen LogP contribution in [0.3, 0.4) is 0 Å². The monoisotopic (exact) mass is 624 g/mol. The van der Waals surface area contributed by atoms with Crippen LogP contribution in [0.2, 0.25) is 5.02 Å². The van der Waals surface area contributed by atoms with Crippen molar-refractivity contribution >= 4 is 41.1 Å². The summed E-state index contributed by atoms with van der Waals surface area (Å²) in [5.41, 5.74) is 0.705. The molecule has 2 atom stereocenters. The molecule has 0 aliphatic carbocycles. The van der Waals surface area contributed by atoms with E-state index in [1.165, 1.54) is 64.5 Å². The number of hydrogen-bond acceptors (Lipinski definition) is 6. The van der Waals surface area contributed by atoms with Crippen molar-refractivity contribution < 1.29 is 32.7 Å². The number of halogens is 4. The summed E-state index contributed by atoms with van der Waals surface area (Å²) in [6.45, 7) is 0.171. The van der Waals surface area contributed by atoms with Gasteiger partial charge in [-0.2, -0.15) is 17.9 Å². The first-order chi connectivity index (χ1) is 21.0. The topological polar surface area (TPSA) is 130 Å². The Hall–Kier alpha value is -5.04. The van der Waals surface area contributed by atoms with Crippen molar-refractivity contribution in [3.8, 4) is 5.69 Å². The van der Waals surface area contributed by atoms with Gasteiger partial charge in [-0.15, -0.1) is 5.10 Å². The molecule has 1 aliphatic rings. The number of nitrogens with zero attached hydrogens (tertiary/aromatic N) is 5. The van der Waals surface area contributed by atoms with E-state index in [9.17, 15) is 32.7 Å². The van der Waals surface area contributed by atoms with E-state index in [0.717, 1.165) is 12.1 Å². The van der Waals surface area contributed by atoms with Gasteiger partial charge >= 0.3 is 12.1 Å². The molecule has 1 aromatic heterocycles. The highest BCUT2D eigenvalue weighted by Gasteiger charge is 2.40. The lowest BCUT2D eigenvalue weighted by molar-refractivity contribution is -0.138. The number of likely N-dealkylation sites (tertiary alicyclic amines) is 1. The number of carboxylic acids is 1. The van der Waals surface area contributed by atoms with Crippen LogP contribution >= 0.6 is 11.6 Å². The fourth-order valence-corrected chi connectivity index (χ4v) is 5.35. The Morgan fingerprint density at radius 2 is 1.82 bits per heavy atom. The summed E-state index contributed by atoms with van der Waals surface area (Å²) in [5, 5.41) is 23.4. The minimum Gasteiger partial charge on any atom is -0.478 e. The molecule has 14 heteroatoms. The van der Waals surface area contributed by atoms with Crippen molar-refractivity contribution in [3.05, 3.63) is 106 Å². The number of piperidine rings is 1. The molecule has 4 aromatic rings. The van der Waals surface area contributed by atoms with Crippen LogP contribution in [0, 0.1) is 0 Å². The average molecular weight is 625 g/mol. The summed E-state index contributed by atoms with van der Waals surface area (Å²) >= 11 is 6.19. The summed E-state index contributed by atoms with van der Waals surface area (Å²) < 4.78 is 42.1. The number of rotatable bonds is 7. The molecule has 1 aliphatic heterocycles. The molecule has 44 heavy (non-hydrogen) atoms. The number of tetrazole rings is 1.